The summed E-state index contributed by atoms with van der Waals surface area (Å²) in [6.45, 7) is 0.0140. The van der Waals surface area contributed by atoms with Crippen molar-refractivity contribution >= 4 is 33.2 Å². The van der Waals surface area contributed by atoms with Gasteiger partial charge in [-0.1, -0.05) is 11.6 Å². The number of halogens is 3. The molecular formula is C19H19ClF2N2O4S. The normalized spacial score (nSPS) is 15.9. The van der Waals surface area contributed by atoms with Gasteiger partial charge in [0.15, 0.2) is 0 Å². The Balaban J connectivity index is 1.85. The summed E-state index contributed by atoms with van der Waals surface area (Å²) in [6.07, 6.45) is 0.655. The predicted octanol–water partition coefficient (Wildman–Crippen LogP) is 3.42. The Morgan fingerprint density at radius 3 is 2.66 bits per heavy atom. The third-order valence-corrected chi connectivity index (χ3v) is 6.27. The fraction of sp³-hybridized carbons (Fsp3) is 0.316. The highest BCUT2D eigenvalue weighted by molar-refractivity contribution is 7.89. The summed E-state index contributed by atoms with van der Waals surface area (Å²) >= 11 is 5.72. The quantitative estimate of drug-likeness (QED) is 0.685. The van der Waals surface area contributed by atoms with E-state index in [4.69, 9.17) is 16.3 Å². The summed E-state index contributed by atoms with van der Waals surface area (Å²) in [4.78, 5) is 12.7. The molecule has 0 aromatic heterocycles. The van der Waals surface area contributed by atoms with Crippen molar-refractivity contribution in [3.05, 3.63) is 63.7 Å². The number of sulfonamides is 1. The molecule has 2 N–H and O–H groups in total. The zero-order valence-electron chi connectivity index (χ0n) is 15.5. The van der Waals surface area contributed by atoms with E-state index in [1.54, 1.807) is 0 Å². The van der Waals surface area contributed by atoms with Crippen LogP contribution in [-0.2, 0) is 21.2 Å². The number of nitrogens with one attached hydrogen (secondary N) is 2. The van der Waals surface area contributed by atoms with Crippen LogP contribution in [0.1, 0.15) is 33.9 Å². The monoisotopic (exact) mass is 444 g/mol. The number of anilines is 1. The standard InChI is InChI=1S/C19H19ClF2N2O4S/c1-28-8-9-29(26,27)24-17-7-4-12-13(3-6-16(22)18(12)17)19(25)23-11-2-5-15(21)14(20)10-11/h2-3,5-6,10,17,24H,4,7-9H2,1H3,(H,23,25). The molecule has 1 aliphatic rings. The Bertz CT molecular complexity index is 1050. The molecule has 0 heterocycles. The lowest BCUT2D eigenvalue weighted by atomic mass is 10.0. The number of benzene rings is 2. The summed E-state index contributed by atoms with van der Waals surface area (Å²) in [5.74, 6) is -1.97. The molecule has 1 atom stereocenters. The van der Waals surface area contributed by atoms with Gasteiger partial charge < -0.3 is 10.1 Å². The number of carbonyl (C=O) groups is 1. The number of rotatable bonds is 7. The highest BCUT2D eigenvalue weighted by atomic mass is 35.5. The van der Waals surface area contributed by atoms with E-state index in [9.17, 15) is 22.0 Å². The number of amides is 1. The van der Waals surface area contributed by atoms with E-state index in [0.29, 0.717) is 18.4 Å². The molecule has 3 rings (SSSR count). The van der Waals surface area contributed by atoms with Crippen LogP contribution < -0.4 is 10.0 Å². The molecule has 29 heavy (non-hydrogen) atoms. The van der Waals surface area contributed by atoms with Gasteiger partial charge in [0.25, 0.3) is 5.91 Å². The number of ether oxygens (including phenoxy) is 1. The summed E-state index contributed by atoms with van der Waals surface area (Å²) in [7, 11) is -2.28. The molecule has 0 radical (unpaired) electrons. The summed E-state index contributed by atoms with van der Waals surface area (Å²) < 4.78 is 59.3. The molecular weight excluding hydrogens is 426 g/mol. The highest BCUT2D eigenvalue weighted by Gasteiger charge is 2.32. The Hall–Kier alpha value is -2.07. The molecule has 0 saturated heterocycles. The van der Waals surface area contributed by atoms with Gasteiger partial charge in [-0.25, -0.2) is 21.9 Å². The molecule has 2 aromatic carbocycles. The minimum absolute atomic E-state index is 0.0140. The number of fused-ring (bicyclic) bond motifs is 1. The third kappa shape index (κ3) is 4.92. The van der Waals surface area contributed by atoms with Crippen molar-refractivity contribution < 1.29 is 26.7 Å². The van der Waals surface area contributed by atoms with E-state index in [2.05, 4.69) is 10.0 Å². The van der Waals surface area contributed by atoms with Crippen LogP contribution in [0.2, 0.25) is 5.02 Å². The molecule has 1 amide bonds. The van der Waals surface area contributed by atoms with Crippen LogP contribution in [0.25, 0.3) is 0 Å². The van der Waals surface area contributed by atoms with Crippen molar-refractivity contribution in [2.75, 3.05) is 24.8 Å². The molecule has 0 saturated carbocycles. The molecule has 0 bridgehead atoms. The van der Waals surface area contributed by atoms with Gasteiger partial charge in [-0.3, -0.25) is 4.79 Å². The first-order chi connectivity index (χ1) is 13.7. The first-order valence-electron chi connectivity index (χ1n) is 8.78. The zero-order valence-corrected chi connectivity index (χ0v) is 17.0. The molecule has 1 aliphatic carbocycles. The van der Waals surface area contributed by atoms with E-state index >= 15 is 0 Å². The number of carbonyl (C=O) groups excluding carboxylic acids is 1. The lowest BCUT2D eigenvalue weighted by Gasteiger charge is -2.16. The summed E-state index contributed by atoms with van der Waals surface area (Å²) in [5, 5.41) is 2.46. The topological polar surface area (TPSA) is 84.5 Å². The second kappa shape index (κ2) is 8.74. The van der Waals surface area contributed by atoms with E-state index in [1.807, 2.05) is 0 Å². The molecule has 10 heteroatoms. The van der Waals surface area contributed by atoms with Crippen molar-refractivity contribution in [3.63, 3.8) is 0 Å². The van der Waals surface area contributed by atoms with Crippen molar-refractivity contribution in [3.8, 4) is 0 Å². The lowest BCUT2D eigenvalue weighted by Crippen LogP contribution is -2.31. The van der Waals surface area contributed by atoms with Gasteiger partial charge >= 0.3 is 0 Å². The summed E-state index contributed by atoms with van der Waals surface area (Å²) in [5.41, 5.74) is 1.11. The van der Waals surface area contributed by atoms with E-state index in [-0.39, 0.29) is 34.2 Å². The predicted molar refractivity (Wildman–Crippen MR) is 106 cm³/mol. The van der Waals surface area contributed by atoms with E-state index in [0.717, 1.165) is 12.1 Å². The average Bonchev–Trinajstić information content (AvgIpc) is 3.07. The first kappa shape index (κ1) is 21.6. The average molecular weight is 445 g/mol. The van der Waals surface area contributed by atoms with Crippen LogP contribution in [0.5, 0.6) is 0 Å². The molecule has 1 unspecified atom stereocenters. The largest absolute Gasteiger partial charge is 0.384 e. The first-order valence-corrected chi connectivity index (χ1v) is 10.8. The number of methoxy groups -OCH3 is 1. The highest BCUT2D eigenvalue weighted by Crippen LogP contribution is 2.36. The fourth-order valence-corrected chi connectivity index (χ4v) is 4.64. The van der Waals surface area contributed by atoms with Gasteiger partial charge in [0.1, 0.15) is 11.6 Å². The second-order valence-corrected chi connectivity index (χ2v) is 8.87. The number of hydrogen-bond donors (Lipinski definition) is 2. The van der Waals surface area contributed by atoms with Gasteiger partial charge in [-0.05, 0) is 48.7 Å². The Morgan fingerprint density at radius 1 is 1.24 bits per heavy atom. The van der Waals surface area contributed by atoms with Crippen molar-refractivity contribution in [1.82, 2.24) is 4.72 Å². The van der Waals surface area contributed by atoms with Gasteiger partial charge in [0.05, 0.1) is 23.4 Å². The van der Waals surface area contributed by atoms with Crippen LogP contribution >= 0.6 is 11.6 Å². The van der Waals surface area contributed by atoms with Gasteiger partial charge in [0, 0.05) is 23.9 Å². The van der Waals surface area contributed by atoms with Gasteiger partial charge in [-0.2, -0.15) is 0 Å². The molecule has 2 aromatic rings. The molecule has 6 nitrogen and oxygen atoms in total. The Kier molecular flexibility index (Phi) is 6.52. The minimum Gasteiger partial charge on any atom is -0.384 e. The zero-order chi connectivity index (χ0) is 21.2. The maximum atomic E-state index is 14.5. The number of hydrogen-bond acceptors (Lipinski definition) is 4. The summed E-state index contributed by atoms with van der Waals surface area (Å²) in [6, 6.07) is 5.46. The minimum atomic E-state index is -3.67. The van der Waals surface area contributed by atoms with Crippen molar-refractivity contribution in [2.45, 2.75) is 18.9 Å². The van der Waals surface area contributed by atoms with E-state index in [1.165, 1.54) is 25.3 Å². The molecule has 0 spiro atoms. The maximum Gasteiger partial charge on any atom is 0.255 e. The Morgan fingerprint density at radius 2 is 1.97 bits per heavy atom. The van der Waals surface area contributed by atoms with Crippen LogP contribution in [-0.4, -0.2) is 33.8 Å². The van der Waals surface area contributed by atoms with Crippen LogP contribution in [0.3, 0.4) is 0 Å². The molecule has 156 valence electrons. The smallest absolute Gasteiger partial charge is 0.255 e. The molecule has 0 aliphatic heterocycles. The lowest BCUT2D eigenvalue weighted by molar-refractivity contribution is 0.102. The van der Waals surface area contributed by atoms with Crippen LogP contribution in [0.4, 0.5) is 14.5 Å². The Labute approximate surface area is 172 Å². The third-order valence-electron chi connectivity index (χ3n) is 4.64. The molecule has 0 fully saturated rings. The SMILES string of the molecule is COCCS(=O)(=O)NC1CCc2c(C(=O)Nc3ccc(F)c(Cl)c3)ccc(F)c21. The maximum absolute atomic E-state index is 14.5. The van der Waals surface area contributed by atoms with E-state index < -0.39 is 33.6 Å². The van der Waals surface area contributed by atoms with Crippen LogP contribution in [0, 0.1) is 11.6 Å². The van der Waals surface area contributed by atoms with Gasteiger partial charge in [-0.15, -0.1) is 0 Å². The van der Waals surface area contributed by atoms with Crippen LogP contribution in [0.15, 0.2) is 30.3 Å². The van der Waals surface area contributed by atoms with Gasteiger partial charge in [0.2, 0.25) is 10.0 Å². The second-order valence-electron chi connectivity index (χ2n) is 6.59. The van der Waals surface area contributed by atoms with Crippen molar-refractivity contribution in [2.24, 2.45) is 0 Å². The fourth-order valence-electron chi connectivity index (χ4n) is 3.29. The van der Waals surface area contributed by atoms with Crippen molar-refractivity contribution in [1.29, 1.82) is 0 Å².